The summed E-state index contributed by atoms with van der Waals surface area (Å²) in [6.07, 6.45) is 2.29. The van der Waals surface area contributed by atoms with Gasteiger partial charge in [-0.1, -0.05) is 0 Å². The molecule has 0 spiro atoms. The van der Waals surface area contributed by atoms with E-state index in [1.54, 1.807) is 20.1 Å². The van der Waals surface area contributed by atoms with Gasteiger partial charge >= 0.3 is 5.97 Å². The van der Waals surface area contributed by atoms with Gasteiger partial charge in [0.15, 0.2) is 0 Å². The van der Waals surface area contributed by atoms with E-state index in [9.17, 15) is 4.79 Å². The van der Waals surface area contributed by atoms with Gasteiger partial charge in [0.2, 0.25) is 0 Å². The van der Waals surface area contributed by atoms with Crippen LogP contribution in [0.25, 0.3) is 0 Å². The van der Waals surface area contributed by atoms with Crippen LogP contribution < -0.4 is 11.1 Å². The fraction of sp³-hybridized carbons (Fsp3) is 0.571. The summed E-state index contributed by atoms with van der Waals surface area (Å²) < 4.78 is 15.9. The highest BCUT2D eigenvalue weighted by Gasteiger charge is 2.35. The van der Waals surface area contributed by atoms with Gasteiger partial charge in [0.05, 0.1) is 25.1 Å². The van der Waals surface area contributed by atoms with Crippen molar-refractivity contribution in [1.29, 1.82) is 0 Å². The van der Waals surface area contributed by atoms with Gasteiger partial charge in [0.25, 0.3) is 0 Å². The van der Waals surface area contributed by atoms with Crippen LogP contribution in [0, 0.1) is 0 Å². The molecule has 0 aromatic carbocycles. The number of methoxy groups -OCH3 is 1. The van der Waals surface area contributed by atoms with Crippen molar-refractivity contribution in [3.8, 4) is 0 Å². The molecule has 3 N–H and O–H groups in total. The summed E-state index contributed by atoms with van der Waals surface area (Å²) in [7, 11) is 1.65. The van der Waals surface area contributed by atoms with E-state index in [4.69, 9.17) is 19.9 Å². The lowest BCUT2D eigenvalue weighted by Gasteiger charge is -2.26. The highest BCUT2D eigenvalue weighted by molar-refractivity contribution is 5.95. The van der Waals surface area contributed by atoms with Crippen LogP contribution in [-0.4, -0.2) is 50.0 Å². The maximum absolute atomic E-state index is 11.9. The maximum atomic E-state index is 11.9. The number of nitrogens with one attached hydrogen (secondary N) is 1. The third-order valence-corrected chi connectivity index (χ3v) is 3.48. The lowest BCUT2D eigenvalue weighted by molar-refractivity contribution is -0.00628. The van der Waals surface area contributed by atoms with Crippen molar-refractivity contribution in [1.82, 2.24) is 4.98 Å². The molecule has 1 aromatic rings. The molecule has 7 nitrogen and oxygen atoms in total. The first-order valence-electron chi connectivity index (χ1n) is 6.89. The summed E-state index contributed by atoms with van der Waals surface area (Å²) in [5.74, 6) is -0.0140. The summed E-state index contributed by atoms with van der Waals surface area (Å²) in [6, 6.07) is 1.55. The molecule has 0 radical (unpaired) electrons. The molecule has 7 heteroatoms. The zero-order valence-electron chi connectivity index (χ0n) is 12.3. The summed E-state index contributed by atoms with van der Waals surface area (Å²) in [6.45, 7) is 3.71. The number of hydrogen-bond acceptors (Lipinski definition) is 7. The number of ether oxygens (including phenoxy) is 3. The Bertz CT molecular complexity index is 501. The van der Waals surface area contributed by atoms with Gasteiger partial charge in [0.1, 0.15) is 17.0 Å². The minimum Gasteiger partial charge on any atom is -0.462 e. The highest BCUT2D eigenvalue weighted by Crippen LogP contribution is 2.24. The molecule has 0 amide bonds. The van der Waals surface area contributed by atoms with Crippen LogP contribution in [0.5, 0.6) is 0 Å². The van der Waals surface area contributed by atoms with Crippen molar-refractivity contribution in [2.45, 2.75) is 18.9 Å². The molecule has 1 aromatic heterocycles. The fourth-order valence-corrected chi connectivity index (χ4v) is 2.19. The van der Waals surface area contributed by atoms with E-state index in [1.807, 2.05) is 0 Å². The van der Waals surface area contributed by atoms with Gasteiger partial charge in [-0.15, -0.1) is 0 Å². The molecule has 1 aliphatic rings. The third kappa shape index (κ3) is 3.62. The number of nitrogens with zero attached hydrogens (tertiary/aromatic N) is 1. The molecule has 1 saturated heterocycles. The lowest BCUT2D eigenvalue weighted by Crippen LogP contribution is -2.40. The van der Waals surface area contributed by atoms with Crippen molar-refractivity contribution in [2.24, 2.45) is 0 Å². The quantitative estimate of drug-likeness (QED) is 0.757. The predicted octanol–water partition coefficient (Wildman–Crippen LogP) is 1.06. The second kappa shape index (κ2) is 6.73. The molecule has 116 valence electrons. The topological polar surface area (TPSA) is 95.7 Å². The molecule has 0 saturated carbocycles. The minimum atomic E-state index is -0.450. The molecule has 2 rings (SSSR count). The smallest absolute Gasteiger partial charge is 0.341 e. The highest BCUT2D eigenvalue weighted by atomic mass is 16.5. The number of esters is 1. The number of carbonyl (C=O) groups excluding carboxylic acids is 1. The number of nitrogens with two attached hydrogens (primary N) is 1. The van der Waals surface area contributed by atoms with Crippen LogP contribution in [0.4, 0.5) is 11.5 Å². The first kappa shape index (κ1) is 15.5. The molecular formula is C14H21N3O4. The lowest BCUT2D eigenvalue weighted by atomic mass is 10.0. The number of pyridine rings is 1. The van der Waals surface area contributed by atoms with Crippen molar-refractivity contribution >= 4 is 17.5 Å². The Morgan fingerprint density at radius 2 is 2.43 bits per heavy atom. The molecule has 1 aliphatic heterocycles. The summed E-state index contributed by atoms with van der Waals surface area (Å²) >= 11 is 0. The number of carbonyl (C=O) groups is 1. The van der Waals surface area contributed by atoms with Crippen molar-refractivity contribution < 1.29 is 19.0 Å². The number of rotatable bonds is 6. The third-order valence-electron chi connectivity index (χ3n) is 3.48. The van der Waals surface area contributed by atoms with E-state index in [1.165, 1.54) is 6.20 Å². The van der Waals surface area contributed by atoms with E-state index in [2.05, 4.69) is 10.3 Å². The number of hydrogen-bond donors (Lipinski definition) is 2. The molecule has 2 heterocycles. The predicted molar refractivity (Wildman–Crippen MR) is 78.3 cm³/mol. The van der Waals surface area contributed by atoms with Crippen LogP contribution in [0.2, 0.25) is 0 Å². The zero-order valence-corrected chi connectivity index (χ0v) is 12.3. The molecule has 1 fully saturated rings. The average Bonchev–Trinajstić information content (AvgIpc) is 2.95. The number of aromatic nitrogens is 1. The van der Waals surface area contributed by atoms with Crippen molar-refractivity contribution in [3.63, 3.8) is 0 Å². The molecule has 0 aliphatic carbocycles. The molecule has 0 bridgehead atoms. The number of nitrogen functional groups attached to an aromatic ring is 1. The molecular weight excluding hydrogens is 274 g/mol. The molecule has 1 unspecified atom stereocenters. The zero-order chi connectivity index (χ0) is 15.3. The van der Waals surface area contributed by atoms with Gasteiger partial charge in [-0.2, -0.15) is 0 Å². The minimum absolute atomic E-state index is 0.295. The van der Waals surface area contributed by atoms with Crippen LogP contribution in [0.3, 0.4) is 0 Å². The van der Waals surface area contributed by atoms with Crippen LogP contribution in [0.15, 0.2) is 12.3 Å². The van der Waals surface area contributed by atoms with Gasteiger partial charge in [-0.05, 0) is 13.0 Å². The van der Waals surface area contributed by atoms with Crippen molar-refractivity contribution in [3.05, 3.63) is 17.8 Å². The summed E-state index contributed by atoms with van der Waals surface area (Å²) in [5.41, 5.74) is 6.03. The molecule has 1 atom stereocenters. The maximum Gasteiger partial charge on any atom is 0.341 e. The number of anilines is 2. The van der Waals surface area contributed by atoms with E-state index >= 15 is 0 Å². The average molecular weight is 295 g/mol. The summed E-state index contributed by atoms with van der Waals surface area (Å²) in [5, 5.41) is 3.14. The van der Waals surface area contributed by atoms with Gasteiger partial charge in [-0.25, -0.2) is 9.78 Å². The van der Waals surface area contributed by atoms with E-state index in [0.29, 0.717) is 43.4 Å². The van der Waals surface area contributed by atoms with Gasteiger partial charge in [0, 0.05) is 26.7 Å². The van der Waals surface area contributed by atoms with E-state index < -0.39 is 11.6 Å². The summed E-state index contributed by atoms with van der Waals surface area (Å²) in [4.78, 5) is 16.1. The first-order chi connectivity index (χ1) is 10.1. The van der Waals surface area contributed by atoms with Crippen molar-refractivity contribution in [2.75, 3.05) is 44.5 Å². The van der Waals surface area contributed by atoms with Gasteiger partial charge in [-0.3, -0.25) is 0 Å². The Labute approximate surface area is 123 Å². The van der Waals surface area contributed by atoms with Crippen LogP contribution in [-0.2, 0) is 14.2 Å². The van der Waals surface area contributed by atoms with E-state index in [0.717, 1.165) is 6.42 Å². The second-order valence-electron chi connectivity index (χ2n) is 4.93. The Hall–Kier alpha value is -1.86. The Balaban J connectivity index is 2.13. The second-order valence-corrected chi connectivity index (χ2v) is 4.93. The SMILES string of the molecule is CCOC(=O)c1cc(N)cnc1NCC1(OC)CCOC1. The van der Waals surface area contributed by atoms with Crippen LogP contribution in [0.1, 0.15) is 23.7 Å². The largest absolute Gasteiger partial charge is 0.462 e. The Kier molecular flexibility index (Phi) is 4.98. The monoisotopic (exact) mass is 295 g/mol. The molecule has 21 heavy (non-hydrogen) atoms. The first-order valence-corrected chi connectivity index (χ1v) is 6.89. The van der Waals surface area contributed by atoms with Gasteiger partial charge < -0.3 is 25.3 Å². The van der Waals surface area contributed by atoms with E-state index in [-0.39, 0.29) is 0 Å². The fourth-order valence-electron chi connectivity index (χ4n) is 2.19. The standard InChI is InChI=1S/C14H21N3O4/c1-3-21-13(18)11-6-10(15)7-16-12(11)17-8-14(19-2)4-5-20-9-14/h6-7H,3-5,8-9,15H2,1-2H3,(H,16,17). The van der Waals surface area contributed by atoms with Crippen LogP contribution >= 0.6 is 0 Å². The normalized spacial score (nSPS) is 21.2. The Morgan fingerprint density at radius 3 is 3.05 bits per heavy atom. The Morgan fingerprint density at radius 1 is 1.62 bits per heavy atom.